The largest absolute Gasteiger partial charge is 0.319 e. The van der Waals surface area contributed by atoms with Gasteiger partial charge < -0.3 is 5.32 Å². The van der Waals surface area contributed by atoms with Gasteiger partial charge in [-0.25, -0.2) is 9.67 Å². The molecule has 1 N–H and O–H groups in total. The van der Waals surface area contributed by atoms with E-state index in [4.69, 9.17) is 23.2 Å². The molecule has 0 saturated carbocycles. The standard InChI is InChI=1S/C24H20Cl2N4O/c1-14-4-11-21(16(3)12-14)27-24(31)22-28-23(17-6-8-18(25)9-7-17)30(29-22)19-10-5-15(2)20(26)13-19/h4-13H,1-3H3,(H,27,31). The highest BCUT2D eigenvalue weighted by molar-refractivity contribution is 6.31. The number of halogens is 2. The van der Waals surface area contributed by atoms with Gasteiger partial charge in [-0.2, -0.15) is 0 Å². The van der Waals surface area contributed by atoms with E-state index in [9.17, 15) is 4.79 Å². The van der Waals surface area contributed by atoms with Gasteiger partial charge in [0.25, 0.3) is 5.91 Å². The van der Waals surface area contributed by atoms with Crippen LogP contribution in [0.25, 0.3) is 17.1 Å². The summed E-state index contributed by atoms with van der Waals surface area (Å²) < 4.78 is 1.62. The van der Waals surface area contributed by atoms with E-state index in [1.54, 1.807) is 22.9 Å². The lowest BCUT2D eigenvalue weighted by atomic mass is 10.1. The maximum Gasteiger partial charge on any atom is 0.295 e. The van der Waals surface area contributed by atoms with E-state index in [1.807, 2.05) is 63.2 Å². The minimum absolute atomic E-state index is 0.0571. The number of hydrogen-bond donors (Lipinski definition) is 1. The van der Waals surface area contributed by atoms with Crippen molar-refractivity contribution in [2.24, 2.45) is 0 Å². The summed E-state index contributed by atoms with van der Waals surface area (Å²) in [5.41, 5.74) is 5.25. The molecule has 4 rings (SSSR count). The summed E-state index contributed by atoms with van der Waals surface area (Å²) in [6.45, 7) is 5.88. The second-order valence-electron chi connectivity index (χ2n) is 7.38. The molecule has 0 aliphatic carbocycles. The topological polar surface area (TPSA) is 59.8 Å². The van der Waals surface area contributed by atoms with Gasteiger partial charge in [-0.15, -0.1) is 5.10 Å². The molecule has 0 atom stereocenters. The fourth-order valence-electron chi connectivity index (χ4n) is 3.22. The molecule has 0 spiro atoms. The quantitative estimate of drug-likeness (QED) is 0.390. The van der Waals surface area contributed by atoms with Gasteiger partial charge in [0, 0.05) is 21.3 Å². The molecule has 3 aromatic carbocycles. The van der Waals surface area contributed by atoms with E-state index in [1.165, 1.54) is 0 Å². The van der Waals surface area contributed by atoms with Crippen molar-refractivity contribution in [3.8, 4) is 17.1 Å². The lowest BCUT2D eigenvalue weighted by molar-refractivity contribution is 0.101. The predicted molar refractivity (Wildman–Crippen MR) is 125 cm³/mol. The summed E-state index contributed by atoms with van der Waals surface area (Å²) in [4.78, 5) is 17.5. The van der Waals surface area contributed by atoms with E-state index in [0.717, 1.165) is 27.9 Å². The molecule has 4 aromatic rings. The Labute approximate surface area is 190 Å². The van der Waals surface area contributed by atoms with Crippen LogP contribution >= 0.6 is 23.2 Å². The third-order valence-electron chi connectivity index (χ3n) is 4.94. The van der Waals surface area contributed by atoms with Gasteiger partial charge in [0.15, 0.2) is 5.82 Å². The van der Waals surface area contributed by atoms with Crippen molar-refractivity contribution in [2.75, 3.05) is 5.32 Å². The van der Waals surface area contributed by atoms with Crippen molar-refractivity contribution in [3.05, 3.63) is 93.2 Å². The second kappa shape index (κ2) is 8.53. The number of nitrogens with one attached hydrogen (secondary N) is 1. The fourth-order valence-corrected chi connectivity index (χ4v) is 3.52. The highest BCUT2D eigenvalue weighted by atomic mass is 35.5. The molecule has 0 saturated heterocycles. The SMILES string of the molecule is Cc1ccc(NC(=O)c2nc(-c3ccc(Cl)cc3)n(-c3ccc(C)c(Cl)c3)n2)c(C)c1. The van der Waals surface area contributed by atoms with Gasteiger partial charge in [-0.3, -0.25) is 4.79 Å². The number of carbonyl (C=O) groups is 1. The first-order chi connectivity index (χ1) is 14.8. The Balaban J connectivity index is 1.77. The Bertz CT molecular complexity index is 1280. The number of benzene rings is 3. The summed E-state index contributed by atoms with van der Waals surface area (Å²) in [7, 11) is 0. The Kier molecular flexibility index (Phi) is 5.81. The molecule has 0 aliphatic heterocycles. The van der Waals surface area contributed by atoms with Crippen molar-refractivity contribution in [1.82, 2.24) is 14.8 Å². The highest BCUT2D eigenvalue weighted by Crippen LogP contribution is 2.26. The fraction of sp³-hybridized carbons (Fsp3) is 0.125. The van der Waals surface area contributed by atoms with Crippen LogP contribution in [0.15, 0.2) is 60.7 Å². The van der Waals surface area contributed by atoms with Crippen molar-refractivity contribution in [3.63, 3.8) is 0 Å². The van der Waals surface area contributed by atoms with Crippen LogP contribution in [0.4, 0.5) is 5.69 Å². The highest BCUT2D eigenvalue weighted by Gasteiger charge is 2.20. The van der Waals surface area contributed by atoms with E-state index >= 15 is 0 Å². The van der Waals surface area contributed by atoms with E-state index in [2.05, 4.69) is 15.4 Å². The number of amides is 1. The Morgan fingerprint density at radius 3 is 2.32 bits per heavy atom. The average molecular weight is 451 g/mol. The monoisotopic (exact) mass is 450 g/mol. The average Bonchev–Trinajstić information content (AvgIpc) is 3.18. The van der Waals surface area contributed by atoms with Gasteiger partial charge in [0.1, 0.15) is 0 Å². The lowest BCUT2D eigenvalue weighted by Gasteiger charge is -2.08. The number of nitrogens with zero attached hydrogens (tertiary/aromatic N) is 3. The van der Waals surface area contributed by atoms with Gasteiger partial charge in [-0.1, -0.05) is 47.0 Å². The predicted octanol–water partition coefficient (Wildman–Crippen LogP) is 6.42. The number of anilines is 1. The van der Waals surface area contributed by atoms with Crippen LogP contribution in [-0.2, 0) is 0 Å². The number of aromatic nitrogens is 3. The molecule has 1 heterocycles. The molecular weight excluding hydrogens is 431 g/mol. The molecule has 31 heavy (non-hydrogen) atoms. The van der Waals surface area contributed by atoms with Gasteiger partial charge in [0.05, 0.1) is 5.69 Å². The third kappa shape index (κ3) is 4.48. The van der Waals surface area contributed by atoms with Crippen molar-refractivity contribution >= 4 is 34.8 Å². The minimum atomic E-state index is -0.390. The summed E-state index contributed by atoms with van der Waals surface area (Å²) >= 11 is 12.4. The Morgan fingerprint density at radius 2 is 1.65 bits per heavy atom. The number of carbonyl (C=O) groups excluding carboxylic acids is 1. The maximum atomic E-state index is 13.0. The molecule has 0 aliphatic rings. The van der Waals surface area contributed by atoms with Crippen molar-refractivity contribution in [2.45, 2.75) is 20.8 Å². The van der Waals surface area contributed by atoms with E-state index in [-0.39, 0.29) is 11.7 Å². The first kappa shape index (κ1) is 21.1. The van der Waals surface area contributed by atoms with Gasteiger partial charge >= 0.3 is 0 Å². The van der Waals surface area contributed by atoms with E-state index < -0.39 is 0 Å². The normalized spacial score (nSPS) is 10.9. The van der Waals surface area contributed by atoms with Crippen molar-refractivity contribution < 1.29 is 4.79 Å². The molecule has 1 aromatic heterocycles. The smallest absolute Gasteiger partial charge is 0.295 e. The summed E-state index contributed by atoms with van der Waals surface area (Å²) in [5.74, 6) is 0.183. The van der Waals surface area contributed by atoms with Gasteiger partial charge in [-0.05, 0) is 74.4 Å². The molecular formula is C24H20Cl2N4O. The first-order valence-electron chi connectivity index (χ1n) is 9.70. The zero-order valence-electron chi connectivity index (χ0n) is 17.3. The number of rotatable bonds is 4. The molecule has 0 fully saturated rings. The summed E-state index contributed by atoms with van der Waals surface area (Å²) in [5, 5.41) is 8.62. The molecule has 7 heteroatoms. The van der Waals surface area contributed by atoms with Crippen molar-refractivity contribution in [1.29, 1.82) is 0 Å². The Morgan fingerprint density at radius 1 is 0.903 bits per heavy atom. The van der Waals surface area contributed by atoms with Crippen LogP contribution in [0.3, 0.4) is 0 Å². The molecule has 0 bridgehead atoms. The van der Waals surface area contributed by atoms with Crippen LogP contribution in [-0.4, -0.2) is 20.7 Å². The molecule has 0 unspecified atom stereocenters. The van der Waals surface area contributed by atoms with Crippen LogP contribution in [0.5, 0.6) is 0 Å². The second-order valence-corrected chi connectivity index (χ2v) is 8.23. The molecule has 5 nitrogen and oxygen atoms in total. The molecule has 1 amide bonds. The molecule has 156 valence electrons. The van der Waals surface area contributed by atoms with Crippen LogP contribution in [0, 0.1) is 20.8 Å². The molecule has 0 radical (unpaired) electrons. The third-order valence-corrected chi connectivity index (χ3v) is 5.60. The van der Waals surface area contributed by atoms with Gasteiger partial charge in [0.2, 0.25) is 5.82 Å². The number of aryl methyl sites for hydroxylation is 3. The number of hydrogen-bond acceptors (Lipinski definition) is 3. The zero-order valence-corrected chi connectivity index (χ0v) is 18.8. The first-order valence-corrected chi connectivity index (χ1v) is 10.5. The maximum absolute atomic E-state index is 13.0. The van der Waals surface area contributed by atoms with Crippen LogP contribution in [0.2, 0.25) is 10.0 Å². The Hall–Kier alpha value is -3.15. The van der Waals surface area contributed by atoms with E-state index in [0.29, 0.717) is 21.6 Å². The minimum Gasteiger partial charge on any atom is -0.319 e. The zero-order chi connectivity index (χ0) is 22.1. The lowest BCUT2D eigenvalue weighted by Crippen LogP contribution is -2.15. The summed E-state index contributed by atoms with van der Waals surface area (Å²) in [6, 6.07) is 18.6. The van der Waals surface area contributed by atoms with Crippen LogP contribution < -0.4 is 5.32 Å². The van der Waals surface area contributed by atoms with Crippen LogP contribution in [0.1, 0.15) is 27.3 Å². The summed E-state index contributed by atoms with van der Waals surface area (Å²) in [6.07, 6.45) is 0.